The predicted molar refractivity (Wildman–Crippen MR) is 95.3 cm³/mol. The molecule has 0 saturated carbocycles. The average molecular weight is 328 g/mol. The number of allylic oxidation sites excluding steroid dienone is 1. The first-order valence-electron chi connectivity index (χ1n) is 8.35. The van der Waals surface area contributed by atoms with E-state index in [4.69, 9.17) is 5.73 Å². The number of phenolic OH excluding ortho intramolecular Hbond substituents is 1. The molecule has 3 N–H and O–H groups in total. The van der Waals surface area contributed by atoms with Crippen LogP contribution in [0.25, 0.3) is 0 Å². The van der Waals surface area contributed by atoms with Crippen molar-refractivity contribution in [3.8, 4) is 5.75 Å². The van der Waals surface area contributed by atoms with Crippen LogP contribution in [0.5, 0.6) is 5.75 Å². The van der Waals surface area contributed by atoms with Gasteiger partial charge in [-0.05, 0) is 31.6 Å². The SMILES string of the molecule is CC1=NCC=C1N1CCN(c2cccc(O)c2)C(CCC(N)=O)C1. The number of benzene rings is 1. The van der Waals surface area contributed by atoms with Gasteiger partial charge in [0.15, 0.2) is 0 Å². The summed E-state index contributed by atoms with van der Waals surface area (Å²) in [5.41, 5.74) is 8.62. The summed E-state index contributed by atoms with van der Waals surface area (Å²) >= 11 is 0. The number of carbonyl (C=O) groups is 1. The molecule has 1 unspecified atom stereocenters. The molecule has 2 aliphatic heterocycles. The lowest BCUT2D eigenvalue weighted by molar-refractivity contribution is -0.118. The Morgan fingerprint density at radius 2 is 2.25 bits per heavy atom. The average Bonchev–Trinajstić information content (AvgIpc) is 2.98. The van der Waals surface area contributed by atoms with Gasteiger partial charge in [-0.25, -0.2) is 0 Å². The summed E-state index contributed by atoms with van der Waals surface area (Å²) in [4.78, 5) is 20.3. The van der Waals surface area contributed by atoms with Crippen molar-refractivity contribution >= 4 is 17.3 Å². The van der Waals surface area contributed by atoms with Crippen LogP contribution in [0, 0.1) is 0 Å². The highest BCUT2D eigenvalue weighted by atomic mass is 16.3. The third kappa shape index (κ3) is 3.53. The van der Waals surface area contributed by atoms with E-state index in [2.05, 4.69) is 20.9 Å². The fraction of sp³-hybridized carbons (Fsp3) is 0.444. The van der Waals surface area contributed by atoms with Gasteiger partial charge in [0.05, 0.1) is 18.0 Å². The minimum atomic E-state index is -0.277. The van der Waals surface area contributed by atoms with Gasteiger partial charge < -0.3 is 20.6 Å². The van der Waals surface area contributed by atoms with Gasteiger partial charge >= 0.3 is 0 Å². The van der Waals surface area contributed by atoms with Crippen molar-refractivity contribution in [3.05, 3.63) is 36.0 Å². The van der Waals surface area contributed by atoms with Crippen LogP contribution in [0.1, 0.15) is 19.8 Å². The Bertz CT molecular complexity index is 683. The van der Waals surface area contributed by atoms with Crippen LogP contribution < -0.4 is 10.6 Å². The van der Waals surface area contributed by atoms with E-state index in [9.17, 15) is 9.90 Å². The van der Waals surface area contributed by atoms with E-state index < -0.39 is 0 Å². The van der Waals surface area contributed by atoms with Gasteiger partial charge in [0, 0.05) is 43.9 Å². The number of carbonyl (C=O) groups excluding carboxylic acids is 1. The summed E-state index contributed by atoms with van der Waals surface area (Å²) in [6.45, 7) is 5.33. The number of aliphatic imine (C=N–C) groups is 1. The largest absolute Gasteiger partial charge is 0.508 e. The van der Waals surface area contributed by atoms with Crippen LogP contribution in [-0.4, -0.2) is 53.8 Å². The number of amides is 1. The van der Waals surface area contributed by atoms with Crippen LogP contribution in [0.3, 0.4) is 0 Å². The van der Waals surface area contributed by atoms with E-state index in [-0.39, 0.29) is 17.7 Å². The Kier molecular flexibility index (Phi) is 4.74. The first-order chi connectivity index (χ1) is 11.5. The lowest BCUT2D eigenvalue weighted by Crippen LogP contribution is -2.53. The minimum absolute atomic E-state index is 0.169. The van der Waals surface area contributed by atoms with Gasteiger partial charge in [-0.2, -0.15) is 0 Å². The third-order valence-electron chi connectivity index (χ3n) is 4.69. The lowest BCUT2D eigenvalue weighted by Gasteiger charge is -2.44. The first kappa shape index (κ1) is 16.4. The topological polar surface area (TPSA) is 82.2 Å². The zero-order valence-corrected chi connectivity index (χ0v) is 14.0. The Hall–Kier alpha value is -2.50. The fourth-order valence-electron chi connectivity index (χ4n) is 3.50. The van der Waals surface area contributed by atoms with Crippen molar-refractivity contribution in [1.82, 2.24) is 4.90 Å². The summed E-state index contributed by atoms with van der Waals surface area (Å²) in [5, 5.41) is 9.77. The molecule has 0 radical (unpaired) electrons. The number of hydrogen-bond donors (Lipinski definition) is 2. The second kappa shape index (κ2) is 6.95. The minimum Gasteiger partial charge on any atom is -0.508 e. The molecule has 2 heterocycles. The highest BCUT2D eigenvalue weighted by molar-refractivity contribution is 5.99. The van der Waals surface area contributed by atoms with Crippen molar-refractivity contribution in [1.29, 1.82) is 0 Å². The van der Waals surface area contributed by atoms with E-state index in [0.29, 0.717) is 12.8 Å². The predicted octanol–water partition coefficient (Wildman–Crippen LogP) is 1.51. The standard InChI is InChI=1S/C18H24N4O2/c1-13-17(7-8-20-13)21-9-10-22(14-3-2-4-16(23)11-14)15(12-21)5-6-18(19)24/h2-4,7,11,15,23H,5-6,8-10,12H2,1H3,(H2,19,24). The van der Waals surface area contributed by atoms with E-state index in [1.54, 1.807) is 12.1 Å². The summed E-state index contributed by atoms with van der Waals surface area (Å²) in [6, 6.07) is 7.45. The Balaban J connectivity index is 1.79. The molecule has 1 amide bonds. The molecule has 1 atom stereocenters. The molecule has 0 bridgehead atoms. The van der Waals surface area contributed by atoms with E-state index in [1.807, 2.05) is 19.1 Å². The fourth-order valence-corrected chi connectivity index (χ4v) is 3.50. The second-order valence-corrected chi connectivity index (χ2v) is 6.33. The molecule has 1 saturated heterocycles. The van der Waals surface area contributed by atoms with E-state index in [1.165, 1.54) is 5.70 Å². The maximum absolute atomic E-state index is 11.2. The molecule has 1 fully saturated rings. The molecule has 1 aromatic rings. The van der Waals surface area contributed by atoms with Crippen LogP contribution >= 0.6 is 0 Å². The van der Waals surface area contributed by atoms with Crippen molar-refractivity contribution in [2.75, 3.05) is 31.1 Å². The van der Waals surface area contributed by atoms with Crippen molar-refractivity contribution in [2.24, 2.45) is 10.7 Å². The number of primary amides is 1. The summed E-state index contributed by atoms with van der Waals surface area (Å²) in [5.74, 6) is -0.0223. The number of nitrogens with two attached hydrogens (primary N) is 1. The third-order valence-corrected chi connectivity index (χ3v) is 4.69. The lowest BCUT2D eigenvalue weighted by atomic mass is 10.0. The normalized spacial score (nSPS) is 20.8. The Labute approximate surface area is 142 Å². The molecular formula is C18H24N4O2. The quantitative estimate of drug-likeness (QED) is 0.858. The van der Waals surface area contributed by atoms with Crippen LogP contribution in [0.4, 0.5) is 5.69 Å². The molecule has 0 aromatic heterocycles. The van der Waals surface area contributed by atoms with E-state index >= 15 is 0 Å². The van der Waals surface area contributed by atoms with Gasteiger partial charge in [-0.3, -0.25) is 9.79 Å². The van der Waals surface area contributed by atoms with Gasteiger partial charge in [-0.1, -0.05) is 6.07 Å². The second-order valence-electron chi connectivity index (χ2n) is 6.33. The Morgan fingerprint density at radius 3 is 2.92 bits per heavy atom. The number of aromatic hydroxyl groups is 1. The number of anilines is 1. The molecule has 0 spiro atoms. The number of hydrogen-bond acceptors (Lipinski definition) is 5. The van der Waals surface area contributed by atoms with Crippen LogP contribution in [0.15, 0.2) is 41.0 Å². The van der Waals surface area contributed by atoms with Gasteiger partial charge in [0.2, 0.25) is 5.91 Å². The summed E-state index contributed by atoms with van der Waals surface area (Å²) in [6.07, 6.45) is 3.22. The molecule has 1 aromatic carbocycles. The summed E-state index contributed by atoms with van der Waals surface area (Å²) in [7, 11) is 0. The van der Waals surface area contributed by atoms with Crippen molar-refractivity contribution in [3.63, 3.8) is 0 Å². The maximum atomic E-state index is 11.2. The molecule has 3 rings (SSSR count). The molecule has 6 heteroatoms. The number of phenols is 1. The maximum Gasteiger partial charge on any atom is 0.217 e. The molecule has 128 valence electrons. The van der Waals surface area contributed by atoms with Crippen LogP contribution in [0.2, 0.25) is 0 Å². The molecule has 0 aliphatic carbocycles. The zero-order chi connectivity index (χ0) is 17.1. The highest BCUT2D eigenvalue weighted by Crippen LogP contribution is 2.28. The molecule has 2 aliphatic rings. The summed E-state index contributed by atoms with van der Waals surface area (Å²) < 4.78 is 0. The highest BCUT2D eigenvalue weighted by Gasteiger charge is 2.29. The van der Waals surface area contributed by atoms with Crippen molar-refractivity contribution in [2.45, 2.75) is 25.8 Å². The van der Waals surface area contributed by atoms with Crippen LogP contribution in [-0.2, 0) is 4.79 Å². The number of piperazine rings is 1. The first-order valence-corrected chi connectivity index (χ1v) is 8.35. The molecule has 6 nitrogen and oxygen atoms in total. The number of rotatable bonds is 5. The number of nitrogens with zero attached hydrogens (tertiary/aromatic N) is 3. The smallest absolute Gasteiger partial charge is 0.217 e. The Morgan fingerprint density at radius 1 is 1.42 bits per heavy atom. The van der Waals surface area contributed by atoms with Gasteiger partial charge in [-0.15, -0.1) is 0 Å². The molecule has 24 heavy (non-hydrogen) atoms. The van der Waals surface area contributed by atoms with E-state index in [0.717, 1.165) is 37.6 Å². The molecular weight excluding hydrogens is 304 g/mol. The van der Waals surface area contributed by atoms with Gasteiger partial charge in [0.1, 0.15) is 5.75 Å². The van der Waals surface area contributed by atoms with Crippen molar-refractivity contribution < 1.29 is 9.90 Å². The monoisotopic (exact) mass is 328 g/mol. The zero-order valence-electron chi connectivity index (χ0n) is 14.0. The van der Waals surface area contributed by atoms with Gasteiger partial charge in [0.25, 0.3) is 0 Å².